The lowest BCUT2D eigenvalue weighted by molar-refractivity contribution is -0.136. The Morgan fingerprint density at radius 2 is 1.67 bits per heavy atom. The van der Waals surface area contributed by atoms with Crippen molar-refractivity contribution >= 4 is 23.3 Å². The van der Waals surface area contributed by atoms with E-state index in [0.29, 0.717) is 16.8 Å². The monoisotopic (exact) mass is 367 g/mol. The zero-order valence-corrected chi connectivity index (χ0v) is 15.5. The Labute approximate surface area is 159 Å². The Bertz CT molecular complexity index is 796. The van der Waals surface area contributed by atoms with Gasteiger partial charge in [0.2, 0.25) is 5.91 Å². The Balaban J connectivity index is 1.88. The van der Waals surface area contributed by atoms with Gasteiger partial charge in [-0.2, -0.15) is 0 Å². The predicted octanol–water partition coefficient (Wildman–Crippen LogP) is 4.26. The van der Waals surface area contributed by atoms with Gasteiger partial charge in [-0.3, -0.25) is 14.4 Å². The number of carboxylic acids is 1. The van der Waals surface area contributed by atoms with Crippen molar-refractivity contribution in [3.63, 3.8) is 0 Å². The highest BCUT2D eigenvalue weighted by atomic mass is 16.4. The minimum Gasteiger partial charge on any atom is -0.481 e. The number of nitrogens with one attached hydrogen (secondary N) is 1. The van der Waals surface area contributed by atoms with Gasteiger partial charge in [0.15, 0.2) is 5.78 Å². The van der Waals surface area contributed by atoms with Crippen LogP contribution in [0.5, 0.6) is 0 Å². The molecule has 0 aromatic heterocycles. The first-order valence-corrected chi connectivity index (χ1v) is 9.21. The van der Waals surface area contributed by atoms with Crippen LogP contribution in [-0.4, -0.2) is 22.8 Å². The topological polar surface area (TPSA) is 83.5 Å². The van der Waals surface area contributed by atoms with Crippen molar-refractivity contribution in [2.24, 2.45) is 0 Å². The van der Waals surface area contributed by atoms with Crippen molar-refractivity contribution in [2.45, 2.75) is 45.4 Å². The van der Waals surface area contributed by atoms with E-state index in [0.717, 1.165) is 19.3 Å². The van der Waals surface area contributed by atoms with E-state index in [2.05, 4.69) is 12.2 Å². The number of anilines is 1. The number of para-hydroxylation sites is 1. The molecule has 0 aliphatic rings. The fourth-order valence-corrected chi connectivity index (χ4v) is 2.78. The van der Waals surface area contributed by atoms with Gasteiger partial charge in [0, 0.05) is 24.1 Å². The van der Waals surface area contributed by atoms with Gasteiger partial charge in [0.25, 0.3) is 0 Å². The summed E-state index contributed by atoms with van der Waals surface area (Å²) < 4.78 is 0. The van der Waals surface area contributed by atoms with E-state index in [4.69, 9.17) is 5.11 Å². The fourth-order valence-electron chi connectivity index (χ4n) is 2.78. The second kappa shape index (κ2) is 10.3. The third-order valence-electron chi connectivity index (χ3n) is 4.31. The number of carbonyl (C=O) groups excluding carboxylic acids is 2. The average molecular weight is 367 g/mol. The van der Waals surface area contributed by atoms with Gasteiger partial charge < -0.3 is 10.4 Å². The Kier molecular flexibility index (Phi) is 7.74. The average Bonchev–Trinajstić information content (AvgIpc) is 2.66. The molecule has 0 saturated heterocycles. The number of ketones is 1. The van der Waals surface area contributed by atoms with Crippen LogP contribution in [0.15, 0.2) is 48.5 Å². The SMILES string of the molecule is CCCCc1ccc(C(=O)CCC(=O)Nc2ccccc2CC(=O)O)cc1. The van der Waals surface area contributed by atoms with Crippen molar-refractivity contribution in [1.82, 2.24) is 0 Å². The normalized spacial score (nSPS) is 10.4. The van der Waals surface area contributed by atoms with E-state index < -0.39 is 5.97 Å². The lowest BCUT2D eigenvalue weighted by Gasteiger charge is -2.09. The van der Waals surface area contributed by atoms with Crippen molar-refractivity contribution in [1.29, 1.82) is 0 Å². The molecule has 1 amide bonds. The third kappa shape index (κ3) is 6.70. The number of hydrogen-bond acceptors (Lipinski definition) is 3. The van der Waals surface area contributed by atoms with E-state index in [1.165, 1.54) is 5.56 Å². The molecule has 0 bridgehead atoms. The van der Waals surface area contributed by atoms with Gasteiger partial charge in [0.1, 0.15) is 0 Å². The quantitative estimate of drug-likeness (QED) is 0.615. The van der Waals surface area contributed by atoms with Crippen molar-refractivity contribution in [2.75, 3.05) is 5.32 Å². The number of benzene rings is 2. The first-order valence-electron chi connectivity index (χ1n) is 9.21. The van der Waals surface area contributed by atoms with Crippen LogP contribution in [0.2, 0.25) is 0 Å². The number of unbranched alkanes of at least 4 members (excludes halogenated alkanes) is 1. The Hall–Kier alpha value is -2.95. The highest BCUT2D eigenvalue weighted by Crippen LogP contribution is 2.17. The molecule has 142 valence electrons. The van der Waals surface area contributed by atoms with Crippen LogP contribution in [0.3, 0.4) is 0 Å². The maximum Gasteiger partial charge on any atom is 0.307 e. The molecule has 2 aromatic rings. The Morgan fingerprint density at radius 1 is 0.963 bits per heavy atom. The van der Waals surface area contributed by atoms with Gasteiger partial charge >= 0.3 is 5.97 Å². The van der Waals surface area contributed by atoms with E-state index >= 15 is 0 Å². The minimum absolute atomic E-state index is 0.0534. The molecule has 27 heavy (non-hydrogen) atoms. The van der Waals surface area contributed by atoms with Crippen molar-refractivity contribution in [3.05, 3.63) is 65.2 Å². The largest absolute Gasteiger partial charge is 0.481 e. The smallest absolute Gasteiger partial charge is 0.307 e. The van der Waals surface area contributed by atoms with E-state index in [-0.39, 0.29) is 31.0 Å². The first kappa shape index (κ1) is 20.4. The summed E-state index contributed by atoms with van der Waals surface area (Å²) >= 11 is 0. The van der Waals surface area contributed by atoms with E-state index in [1.54, 1.807) is 24.3 Å². The molecule has 0 aliphatic heterocycles. The van der Waals surface area contributed by atoms with Crippen molar-refractivity contribution < 1.29 is 19.5 Å². The zero-order chi connectivity index (χ0) is 19.6. The molecule has 0 saturated carbocycles. The summed E-state index contributed by atoms with van der Waals surface area (Å²) in [7, 11) is 0. The lowest BCUT2D eigenvalue weighted by atomic mass is 10.0. The number of hydrogen-bond donors (Lipinski definition) is 2. The van der Waals surface area contributed by atoms with Gasteiger partial charge in [-0.25, -0.2) is 0 Å². The summed E-state index contributed by atoms with van der Waals surface area (Å²) in [5.41, 5.74) is 2.82. The lowest BCUT2D eigenvalue weighted by Crippen LogP contribution is -2.15. The van der Waals surface area contributed by atoms with Gasteiger partial charge in [-0.1, -0.05) is 55.8 Å². The molecule has 2 rings (SSSR count). The highest BCUT2D eigenvalue weighted by Gasteiger charge is 2.12. The molecular weight excluding hydrogens is 342 g/mol. The highest BCUT2D eigenvalue weighted by molar-refractivity contribution is 6.00. The number of carboxylic acid groups (broad SMARTS) is 1. The second-order valence-corrected chi connectivity index (χ2v) is 6.50. The van der Waals surface area contributed by atoms with Gasteiger partial charge in [0.05, 0.1) is 6.42 Å². The summed E-state index contributed by atoms with van der Waals surface area (Å²) in [5, 5.41) is 11.6. The molecule has 0 aliphatic carbocycles. The molecule has 2 N–H and O–H groups in total. The molecule has 0 heterocycles. The number of aliphatic carboxylic acids is 1. The molecule has 0 unspecified atom stereocenters. The standard InChI is InChI=1S/C22H25NO4/c1-2-3-6-16-9-11-17(12-10-16)20(24)13-14-21(25)23-19-8-5-4-7-18(19)15-22(26)27/h4-5,7-12H,2-3,6,13-15H2,1H3,(H,23,25)(H,26,27). The van der Waals surface area contributed by atoms with Crippen LogP contribution in [0, 0.1) is 0 Å². The van der Waals surface area contributed by atoms with Crippen LogP contribution in [0.25, 0.3) is 0 Å². The molecule has 0 fully saturated rings. The molecule has 5 heteroatoms. The maximum absolute atomic E-state index is 12.3. The van der Waals surface area contributed by atoms with Crippen LogP contribution in [0.4, 0.5) is 5.69 Å². The molecule has 2 aromatic carbocycles. The minimum atomic E-state index is -0.964. The third-order valence-corrected chi connectivity index (χ3v) is 4.31. The van der Waals surface area contributed by atoms with Crippen LogP contribution < -0.4 is 5.32 Å². The van der Waals surface area contributed by atoms with E-state index in [9.17, 15) is 14.4 Å². The molecule has 0 atom stereocenters. The van der Waals surface area contributed by atoms with Crippen molar-refractivity contribution in [3.8, 4) is 0 Å². The zero-order valence-electron chi connectivity index (χ0n) is 15.5. The number of Topliss-reactive ketones (excluding diaryl/α,β-unsaturated/α-hetero) is 1. The summed E-state index contributed by atoms with van der Waals surface area (Å²) in [5.74, 6) is -1.35. The Morgan fingerprint density at radius 3 is 2.33 bits per heavy atom. The summed E-state index contributed by atoms with van der Waals surface area (Å²) in [4.78, 5) is 35.3. The van der Waals surface area contributed by atoms with E-state index in [1.807, 2.05) is 24.3 Å². The number of carbonyl (C=O) groups is 3. The predicted molar refractivity (Wildman–Crippen MR) is 105 cm³/mol. The van der Waals surface area contributed by atoms with Crippen LogP contribution in [0.1, 0.15) is 54.1 Å². The maximum atomic E-state index is 12.3. The molecule has 0 radical (unpaired) electrons. The fraction of sp³-hybridized carbons (Fsp3) is 0.318. The van der Waals surface area contributed by atoms with Crippen LogP contribution >= 0.6 is 0 Å². The molecular formula is C22H25NO4. The number of aryl methyl sites for hydroxylation is 1. The molecule has 5 nitrogen and oxygen atoms in total. The number of amides is 1. The summed E-state index contributed by atoms with van der Waals surface area (Å²) in [6, 6.07) is 14.3. The first-order chi connectivity index (χ1) is 13.0. The summed E-state index contributed by atoms with van der Waals surface area (Å²) in [6.07, 6.45) is 3.25. The summed E-state index contributed by atoms with van der Waals surface area (Å²) in [6.45, 7) is 2.14. The molecule has 0 spiro atoms. The second-order valence-electron chi connectivity index (χ2n) is 6.50. The number of rotatable bonds is 10. The van der Waals surface area contributed by atoms with Gasteiger partial charge in [-0.15, -0.1) is 0 Å². The van der Waals surface area contributed by atoms with Gasteiger partial charge in [-0.05, 0) is 30.0 Å². The van der Waals surface area contributed by atoms with Crippen LogP contribution in [-0.2, 0) is 22.4 Å².